The van der Waals surface area contributed by atoms with Crippen LogP contribution in [0.3, 0.4) is 0 Å². The van der Waals surface area contributed by atoms with Gasteiger partial charge in [0, 0.05) is 5.69 Å². The van der Waals surface area contributed by atoms with Crippen molar-refractivity contribution in [2.45, 2.75) is 20.8 Å². The van der Waals surface area contributed by atoms with Crippen molar-refractivity contribution < 1.29 is 19.2 Å². The SMILES string of the molecule is Cc1cc(NC(=O)c2c(C)noc2C)c(C(=O)O)[nH]1. The molecule has 2 heterocycles. The highest BCUT2D eigenvalue weighted by Crippen LogP contribution is 2.20. The standard InChI is InChI=1S/C12H13N3O4/c1-5-4-8(10(13-5)12(17)18)14-11(16)9-6(2)15-19-7(9)3/h4,13H,1-3H3,(H,14,16)(H,17,18). The van der Waals surface area contributed by atoms with Gasteiger partial charge in [0.15, 0.2) is 0 Å². The molecule has 0 saturated carbocycles. The van der Waals surface area contributed by atoms with Crippen LogP contribution in [0.4, 0.5) is 5.69 Å². The molecular formula is C12H13N3O4. The van der Waals surface area contributed by atoms with Crippen molar-refractivity contribution >= 4 is 17.6 Å². The molecule has 0 aliphatic carbocycles. The molecule has 0 fully saturated rings. The van der Waals surface area contributed by atoms with Gasteiger partial charge in [-0.15, -0.1) is 0 Å². The van der Waals surface area contributed by atoms with E-state index in [1.807, 2.05) is 0 Å². The summed E-state index contributed by atoms with van der Waals surface area (Å²) in [5.74, 6) is -1.20. The second-order valence-corrected chi connectivity index (χ2v) is 4.20. The fourth-order valence-electron chi connectivity index (χ4n) is 1.85. The number of carboxylic acids is 1. The lowest BCUT2D eigenvalue weighted by Crippen LogP contribution is -2.15. The number of aromatic amines is 1. The van der Waals surface area contributed by atoms with Crippen molar-refractivity contribution in [2.75, 3.05) is 5.32 Å². The minimum absolute atomic E-state index is 0.0578. The molecule has 1 amide bonds. The molecule has 0 saturated heterocycles. The molecule has 0 bridgehead atoms. The van der Waals surface area contributed by atoms with Gasteiger partial charge >= 0.3 is 5.97 Å². The van der Waals surface area contributed by atoms with E-state index in [-0.39, 0.29) is 11.4 Å². The summed E-state index contributed by atoms with van der Waals surface area (Å²) in [6, 6.07) is 1.56. The van der Waals surface area contributed by atoms with Gasteiger partial charge in [0.1, 0.15) is 17.0 Å². The number of anilines is 1. The van der Waals surface area contributed by atoms with Gasteiger partial charge in [-0.1, -0.05) is 5.16 Å². The Bertz CT molecular complexity index is 634. The summed E-state index contributed by atoms with van der Waals surface area (Å²) in [5, 5.41) is 15.2. The lowest BCUT2D eigenvalue weighted by atomic mass is 10.2. The van der Waals surface area contributed by atoms with Crippen LogP contribution in [-0.4, -0.2) is 27.1 Å². The summed E-state index contributed by atoms with van der Waals surface area (Å²) in [5.41, 5.74) is 1.58. The molecule has 0 radical (unpaired) electrons. The normalized spacial score (nSPS) is 10.5. The monoisotopic (exact) mass is 263 g/mol. The van der Waals surface area contributed by atoms with Crippen LogP contribution < -0.4 is 5.32 Å². The maximum Gasteiger partial charge on any atom is 0.354 e. The average Bonchev–Trinajstić information content (AvgIpc) is 2.82. The Balaban J connectivity index is 2.32. The molecule has 0 atom stereocenters. The van der Waals surface area contributed by atoms with Crippen LogP contribution in [0.25, 0.3) is 0 Å². The van der Waals surface area contributed by atoms with Crippen molar-refractivity contribution in [3.05, 3.63) is 34.5 Å². The number of aromatic carboxylic acids is 1. The number of carbonyl (C=O) groups excluding carboxylic acids is 1. The van der Waals surface area contributed by atoms with Gasteiger partial charge in [-0.25, -0.2) is 4.79 Å². The molecule has 3 N–H and O–H groups in total. The highest BCUT2D eigenvalue weighted by molar-refractivity contribution is 6.08. The highest BCUT2D eigenvalue weighted by atomic mass is 16.5. The molecule has 0 aliphatic rings. The number of nitrogens with one attached hydrogen (secondary N) is 2. The predicted octanol–water partition coefficient (Wildman–Crippen LogP) is 1.88. The Hall–Kier alpha value is -2.57. The quantitative estimate of drug-likeness (QED) is 0.783. The number of hydrogen-bond acceptors (Lipinski definition) is 4. The first-order chi connectivity index (χ1) is 8.90. The van der Waals surface area contributed by atoms with Gasteiger partial charge in [0.05, 0.1) is 11.4 Å². The number of aromatic nitrogens is 2. The van der Waals surface area contributed by atoms with Gasteiger partial charge in [-0.05, 0) is 26.8 Å². The van der Waals surface area contributed by atoms with Gasteiger partial charge in [-0.3, -0.25) is 4.79 Å². The molecule has 0 unspecified atom stereocenters. The largest absolute Gasteiger partial charge is 0.477 e. The van der Waals surface area contributed by atoms with Crippen molar-refractivity contribution in [2.24, 2.45) is 0 Å². The van der Waals surface area contributed by atoms with E-state index >= 15 is 0 Å². The van der Waals surface area contributed by atoms with Gasteiger partial charge in [0.2, 0.25) is 0 Å². The molecule has 19 heavy (non-hydrogen) atoms. The molecule has 7 nitrogen and oxygen atoms in total. The molecule has 0 spiro atoms. The van der Waals surface area contributed by atoms with Gasteiger partial charge in [0.25, 0.3) is 5.91 Å². The number of rotatable bonds is 3. The Kier molecular flexibility index (Phi) is 3.12. The van der Waals surface area contributed by atoms with E-state index in [0.29, 0.717) is 22.7 Å². The summed E-state index contributed by atoms with van der Waals surface area (Å²) in [7, 11) is 0. The zero-order valence-corrected chi connectivity index (χ0v) is 10.7. The number of hydrogen-bond donors (Lipinski definition) is 3. The van der Waals surface area contributed by atoms with Crippen LogP contribution in [0.1, 0.15) is 38.0 Å². The first-order valence-corrected chi connectivity index (χ1v) is 5.57. The molecular weight excluding hydrogens is 250 g/mol. The number of amides is 1. The van der Waals surface area contributed by atoms with Crippen molar-refractivity contribution in [1.82, 2.24) is 10.1 Å². The first-order valence-electron chi connectivity index (χ1n) is 5.57. The van der Waals surface area contributed by atoms with E-state index in [4.69, 9.17) is 9.63 Å². The molecule has 2 aromatic heterocycles. The lowest BCUT2D eigenvalue weighted by molar-refractivity contribution is 0.0692. The van der Waals surface area contributed by atoms with E-state index in [0.717, 1.165) is 0 Å². The van der Waals surface area contributed by atoms with E-state index in [1.54, 1.807) is 26.8 Å². The van der Waals surface area contributed by atoms with E-state index in [9.17, 15) is 9.59 Å². The van der Waals surface area contributed by atoms with E-state index < -0.39 is 11.9 Å². The number of carboxylic acid groups (broad SMARTS) is 1. The fraction of sp³-hybridized carbons (Fsp3) is 0.250. The average molecular weight is 263 g/mol. The fourth-order valence-corrected chi connectivity index (χ4v) is 1.85. The zero-order valence-electron chi connectivity index (χ0n) is 10.7. The van der Waals surface area contributed by atoms with Crippen LogP contribution in [0, 0.1) is 20.8 Å². The van der Waals surface area contributed by atoms with Crippen molar-refractivity contribution in [1.29, 1.82) is 0 Å². The number of aryl methyl sites for hydroxylation is 3. The van der Waals surface area contributed by atoms with E-state index in [2.05, 4.69) is 15.5 Å². The maximum atomic E-state index is 12.1. The second-order valence-electron chi connectivity index (χ2n) is 4.20. The Labute approximate surface area is 108 Å². The molecule has 7 heteroatoms. The van der Waals surface area contributed by atoms with Gasteiger partial charge < -0.3 is 19.9 Å². The molecule has 2 rings (SSSR count). The summed E-state index contributed by atoms with van der Waals surface area (Å²) >= 11 is 0. The highest BCUT2D eigenvalue weighted by Gasteiger charge is 2.21. The third-order valence-corrected chi connectivity index (χ3v) is 2.67. The third kappa shape index (κ3) is 2.35. The summed E-state index contributed by atoms with van der Waals surface area (Å²) in [6.45, 7) is 4.97. The molecule has 0 aliphatic heterocycles. The van der Waals surface area contributed by atoms with Crippen LogP contribution in [0.15, 0.2) is 10.6 Å². The second kappa shape index (κ2) is 4.60. The lowest BCUT2D eigenvalue weighted by Gasteiger charge is -2.03. The third-order valence-electron chi connectivity index (χ3n) is 2.67. The predicted molar refractivity (Wildman–Crippen MR) is 66.4 cm³/mol. The van der Waals surface area contributed by atoms with Crippen molar-refractivity contribution in [3.63, 3.8) is 0 Å². The zero-order chi connectivity index (χ0) is 14.2. The number of carbonyl (C=O) groups is 2. The van der Waals surface area contributed by atoms with Crippen LogP contribution in [0.2, 0.25) is 0 Å². The Morgan fingerprint density at radius 3 is 2.58 bits per heavy atom. The van der Waals surface area contributed by atoms with E-state index in [1.165, 1.54) is 0 Å². The number of nitrogens with zero attached hydrogens (tertiary/aromatic N) is 1. The van der Waals surface area contributed by atoms with Crippen LogP contribution >= 0.6 is 0 Å². The molecule has 2 aromatic rings. The molecule has 0 aromatic carbocycles. The Morgan fingerprint density at radius 2 is 2.05 bits per heavy atom. The minimum Gasteiger partial charge on any atom is -0.477 e. The van der Waals surface area contributed by atoms with Crippen LogP contribution in [-0.2, 0) is 0 Å². The summed E-state index contributed by atoms with van der Waals surface area (Å²) < 4.78 is 4.90. The smallest absolute Gasteiger partial charge is 0.354 e. The van der Waals surface area contributed by atoms with Crippen LogP contribution in [0.5, 0.6) is 0 Å². The first kappa shape index (κ1) is 12.9. The maximum absolute atomic E-state index is 12.1. The number of H-pyrrole nitrogens is 1. The summed E-state index contributed by atoms with van der Waals surface area (Å²) in [4.78, 5) is 25.8. The Morgan fingerprint density at radius 1 is 1.37 bits per heavy atom. The topological polar surface area (TPSA) is 108 Å². The minimum atomic E-state index is -1.14. The van der Waals surface area contributed by atoms with Gasteiger partial charge in [-0.2, -0.15) is 0 Å². The molecule has 100 valence electrons. The summed E-state index contributed by atoms with van der Waals surface area (Å²) in [6.07, 6.45) is 0. The van der Waals surface area contributed by atoms with Crippen molar-refractivity contribution in [3.8, 4) is 0 Å².